The molecule has 2 aromatic rings. The molecule has 1 saturated heterocycles. The number of rotatable bonds is 3. The fourth-order valence-electron chi connectivity index (χ4n) is 2.50. The Kier molecular flexibility index (Phi) is 4.62. The number of hydrogen-bond acceptors (Lipinski definition) is 4. The minimum absolute atomic E-state index is 0.0729. The maximum absolute atomic E-state index is 12.3. The first kappa shape index (κ1) is 15.6. The van der Waals surface area contributed by atoms with Crippen LogP contribution in [0.5, 0.6) is 5.75 Å². The minimum Gasteiger partial charge on any atom is -0.490 e. The Morgan fingerprint density at radius 2 is 1.96 bits per heavy atom. The van der Waals surface area contributed by atoms with Crippen molar-refractivity contribution in [2.45, 2.75) is 18.9 Å². The Hall–Kier alpha value is -2.34. The number of halogens is 1. The molecule has 0 atom stereocenters. The number of likely N-dealkylation sites (tertiary alicyclic amines) is 1. The lowest BCUT2D eigenvalue weighted by Crippen LogP contribution is -2.42. The van der Waals surface area contributed by atoms with Crippen LogP contribution in [-0.4, -0.2) is 40.0 Å². The second-order valence-electron chi connectivity index (χ2n) is 5.36. The van der Waals surface area contributed by atoms with Crippen LogP contribution in [0.3, 0.4) is 0 Å². The SMILES string of the molecule is O=C(c1c[nH]c(=O)cn1)N1CCC(Oc2ccc(Cl)cc2)CC1. The van der Waals surface area contributed by atoms with Crippen molar-refractivity contribution in [1.82, 2.24) is 14.9 Å². The molecule has 1 N–H and O–H groups in total. The molecule has 23 heavy (non-hydrogen) atoms. The second kappa shape index (κ2) is 6.83. The van der Waals surface area contributed by atoms with Gasteiger partial charge < -0.3 is 14.6 Å². The summed E-state index contributed by atoms with van der Waals surface area (Å²) in [7, 11) is 0. The summed E-state index contributed by atoms with van der Waals surface area (Å²) in [6.07, 6.45) is 4.03. The number of benzene rings is 1. The lowest BCUT2D eigenvalue weighted by molar-refractivity contribution is 0.0589. The Labute approximate surface area is 138 Å². The molecule has 1 amide bonds. The first-order chi connectivity index (χ1) is 11.1. The molecule has 0 unspecified atom stereocenters. The number of amides is 1. The highest BCUT2D eigenvalue weighted by molar-refractivity contribution is 6.30. The Balaban J connectivity index is 1.55. The zero-order chi connectivity index (χ0) is 16.2. The number of nitrogens with zero attached hydrogens (tertiary/aromatic N) is 2. The van der Waals surface area contributed by atoms with E-state index in [0.29, 0.717) is 18.1 Å². The molecular weight excluding hydrogens is 318 g/mol. The highest BCUT2D eigenvalue weighted by Crippen LogP contribution is 2.21. The monoisotopic (exact) mass is 333 g/mol. The molecule has 0 aliphatic carbocycles. The van der Waals surface area contributed by atoms with Gasteiger partial charge in [-0.3, -0.25) is 9.59 Å². The number of H-pyrrole nitrogens is 1. The number of hydrogen-bond donors (Lipinski definition) is 1. The van der Waals surface area contributed by atoms with Crippen molar-refractivity contribution in [1.29, 1.82) is 0 Å². The lowest BCUT2D eigenvalue weighted by atomic mass is 10.1. The summed E-state index contributed by atoms with van der Waals surface area (Å²) in [5, 5.41) is 0.672. The van der Waals surface area contributed by atoms with Gasteiger partial charge in [0.1, 0.15) is 17.5 Å². The third kappa shape index (κ3) is 3.90. The fraction of sp³-hybridized carbons (Fsp3) is 0.312. The third-order valence-corrected chi connectivity index (χ3v) is 3.99. The van der Waals surface area contributed by atoms with E-state index < -0.39 is 0 Å². The number of piperidine rings is 1. The number of aromatic amines is 1. The molecule has 0 radical (unpaired) electrons. The van der Waals surface area contributed by atoms with E-state index in [2.05, 4.69) is 9.97 Å². The highest BCUT2D eigenvalue weighted by Gasteiger charge is 2.25. The molecule has 1 aromatic heterocycles. The number of carbonyl (C=O) groups excluding carboxylic acids is 1. The van der Waals surface area contributed by atoms with E-state index in [4.69, 9.17) is 16.3 Å². The Morgan fingerprint density at radius 3 is 2.57 bits per heavy atom. The van der Waals surface area contributed by atoms with Gasteiger partial charge in [0.15, 0.2) is 0 Å². The van der Waals surface area contributed by atoms with Gasteiger partial charge in [-0.2, -0.15) is 0 Å². The van der Waals surface area contributed by atoms with E-state index in [-0.39, 0.29) is 23.3 Å². The molecule has 0 spiro atoms. The number of nitrogens with one attached hydrogen (secondary N) is 1. The maximum atomic E-state index is 12.3. The molecule has 1 aromatic carbocycles. The smallest absolute Gasteiger partial charge is 0.273 e. The third-order valence-electron chi connectivity index (χ3n) is 3.74. The van der Waals surface area contributed by atoms with E-state index in [0.717, 1.165) is 24.8 Å². The maximum Gasteiger partial charge on any atom is 0.273 e. The molecular formula is C16H16ClN3O3. The van der Waals surface area contributed by atoms with Crippen LogP contribution >= 0.6 is 11.6 Å². The zero-order valence-electron chi connectivity index (χ0n) is 12.4. The van der Waals surface area contributed by atoms with Crippen LogP contribution in [0, 0.1) is 0 Å². The summed E-state index contributed by atoms with van der Waals surface area (Å²) in [5.74, 6) is 0.604. The molecule has 7 heteroatoms. The average Bonchev–Trinajstić information content (AvgIpc) is 2.58. The van der Waals surface area contributed by atoms with Crippen LogP contribution in [0.1, 0.15) is 23.3 Å². The van der Waals surface area contributed by atoms with Gasteiger partial charge in [0.2, 0.25) is 0 Å². The zero-order valence-corrected chi connectivity index (χ0v) is 13.1. The molecule has 1 aliphatic heterocycles. The number of ether oxygens (including phenoxy) is 1. The van der Waals surface area contributed by atoms with Crippen LogP contribution in [0.4, 0.5) is 0 Å². The number of aromatic nitrogens is 2. The molecule has 6 nitrogen and oxygen atoms in total. The lowest BCUT2D eigenvalue weighted by Gasteiger charge is -2.32. The summed E-state index contributed by atoms with van der Waals surface area (Å²) < 4.78 is 5.90. The van der Waals surface area contributed by atoms with Crippen molar-refractivity contribution >= 4 is 17.5 Å². The first-order valence-electron chi connectivity index (χ1n) is 7.38. The average molecular weight is 334 g/mol. The van der Waals surface area contributed by atoms with Crippen LogP contribution in [0.15, 0.2) is 41.5 Å². The van der Waals surface area contributed by atoms with Crippen LogP contribution in [0.2, 0.25) is 5.02 Å². The Morgan fingerprint density at radius 1 is 1.26 bits per heavy atom. The van der Waals surface area contributed by atoms with Gasteiger partial charge in [0, 0.05) is 37.2 Å². The Bertz CT molecular complexity index is 716. The highest BCUT2D eigenvalue weighted by atomic mass is 35.5. The van der Waals surface area contributed by atoms with Gasteiger partial charge in [-0.1, -0.05) is 11.6 Å². The van der Waals surface area contributed by atoms with E-state index >= 15 is 0 Å². The van der Waals surface area contributed by atoms with Gasteiger partial charge in [0.25, 0.3) is 11.5 Å². The van der Waals surface area contributed by atoms with E-state index in [9.17, 15) is 9.59 Å². The van der Waals surface area contributed by atoms with Gasteiger partial charge in [-0.15, -0.1) is 0 Å². The molecule has 2 heterocycles. The number of carbonyl (C=O) groups is 1. The largest absolute Gasteiger partial charge is 0.490 e. The minimum atomic E-state index is -0.323. The summed E-state index contributed by atoms with van der Waals surface area (Å²) in [6.45, 7) is 1.19. The summed E-state index contributed by atoms with van der Waals surface area (Å²) in [5.41, 5.74) is -0.0710. The van der Waals surface area contributed by atoms with Crippen molar-refractivity contribution in [3.63, 3.8) is 0 Å². The van der Waals surface area contributed by atoms with Crippen LogP contribution < -0.4 is 10.3 Å². The molecule has 3 rings (SSSR count). The van der Waals surface area contributed by atoms with Crippen LogP contribution in [-0.2, 0) is 0 Å². The predicted octanol–water partition coefficient (Wildman–Crippen LogP) is 2.11. The van der Waals surface area contributed by atoms with E-state index in [1.54, 1.807) is 17.0 Å². The fourth-order valence-corrected chi connectivity index (χ4v) is 2.63. The van der Waals surface area contributed by atoms with Gasteiger partial charge in [-0.05, 0) is 24.3 Å². The second-order valence-corrected chi connectivity index (χ2v) is 5.80. The molecule has 0 bridgehead atoms. The van der Waals surface area contributed by atoms with Crippen molar-refractivity contribution in [3.8, 4) is 5.75 Å². The van der Waals surface area contributed by atoms with Crippen molar-refractivity contribution in [2.24, 2.45) is 0 Å². The topological polar surface area (TPSA) is 75.3 Å². The molecule has 0 saturated carbocycles. The first-order valence-corrected chi connectivity index (χ1v) is 7.76. The van der Waals surface area contributed by atoms with Gasteiger partial charge in [-0.25, -0.2) is 4.98 Å². The van der Waals surface area contributed by atoms with Crippen molar-refractivity contribution in [2.75, 3.05) is 13.1 Å². The normalized spacial score (nSPS) is 15.4. The van der Waals surface area contributed by atoms with Crippen molar-refractivity contribution < 1.29 is 9.53 Å². The summed E-state index contributed by atoms with van der Waals surface area (Å²) in [4.78, 5) is 31.3. The molecule has 120 valence electrons. The van der Waals surface area contributed by atoms with Gasteiger partial charge in [0.05, 0.1) is 6.20 Å². The van der Waals surface area contributed by atoms with E-state index in [1.165, 1.54) is 6.20 Å². The van der Waals surface area contributed by atoms with Crippen molar-refractivity contribution in [3.05, 3.63) is 57.7 Å². The molecule has 1 aliphatic rings. The van der Waals surface area contributed by atoms with E-state index in [1.807, 2.05) is 12.1 Å². The summed E-state index contributed by atoms with van der Waals surface area (Å²) >= 11 is 5.85. The summed E-state index contributed by atoms with van der Waals surface area (Å²) in [6, 6.07) is 7.25. The predicted molar refractivity (Wildman–Crippen MR) is 85.9 cm³/mol. The quantitative estimate of drug-likeness (QED) is 0.933. The van der Waals surface area contributed by atoms with Crippen LogP contribution in [0.25, 0.3) is 0 Å². The van der Waals surface area contributed by atoms with Gasteiger partial charge >= 0.3 is 0 Å². The standard InChI is InChI=1S/C16H16ClN3O3/c17-11-1-3-12(4-2-11)23-13-5-7-20(8-6-13)16(22)14-9-19-15(21)10-18-14/h1-4,9-10,13H,5-8H2,(H,19,21). The molecule has 1 fully saturated rings.